The first kappa shape index (κ1) is 22.6. The number of likely N-dealkylation sites (tertiary alicyclic amines) is 1. The van der Waals surface area contributed by atoms with Crippen LogP contribution in [0.15, 0.2) is 28.0 Å². The van der Waals surface area contributed by atoms with Gasteiger partial charge in [-0.3, -0.25) is 9.59 Å². The summed E-state index contributed by atoms with van der Waals surface area (Å²) in [5, 5.41) is 2.90. The van der Waals surface area contributed by atoms with E-state index >= 15 is 0 Å². The molecule has 0 saturated carbocycles. The van der Waals surface area contributed by atoms with Crippen molar-refractivity contribution in [2.24, 2.45) is 0 Å². The van der Waals surface area contributed by atoms with Crippen LogP contribution in [-0.2, 0) is 19.6 Å². The van der Waals surface area contributed by atoms with E-state index in [9.17, 15) is 18.0 Å². The van der Waals surface area contributed by atoms with Crippen molar-refractivity contribution < 1.29 is 18.0 Å². The molecule has 10 heteroatoms. The van der Waals surface area contributed by atoms with Gasteiger partial charge in [-0.2, -0.15) is 4.31 Å². The van der Waals surface area contributed by atoms with Crippen molar-refractivity contribution in [3.8, 4) is 0 Å². The van der Waals surface area contributed by atoms with E-state index in [1.807, 2.05) is 0 Å². The second-order valence-corrected chi connectivity index (χ2v) is 11.2. The minimum atomic E-state index is -3.61. The number of amides is 2. The zero-order chi connectivity index (χ0) is 21.8. The molecule has 3 aliphatic rings. The monoisotopic (exact) mass is 466 g/mol. The first-order valence-electron chi connectivity index (χ1n) is 11.0. The highest BCUT2D eigenvalue weighted by atomic mass is 32.2. The maximum Gasteiger partial charge on any atom is 0.243 e. The topological polar surface area (TPSA) is 90.0 Å². The summed E-state index contributed by atoms with van der Waals surface area (Å²) >= 11 is 1.38. The number of fused-ring (bicyclic) bond motifs is 1. The molecule has 0 unspecified atom stereocenters. The van der Waals surface area contributed by atoms with Crippen molar-refractivity contribution in [1.82, 2.24) is 14.5 Å². The summed E-state index contributed by atoms with van der Waals surface area (Å²) in [6, 6.07) is 4.92. The molecule has 1 aromatic carbocycles. The summed E-state index contributed by atoms with van der Waals surface area (Å²) in [6.07, 6.45) is 5.17. The Morgan fingerprint density at radius 1 is 1.03 bits per heavy atom. The average Bonchev–Trinajstić information content (AvgIpc) is 3.29. The van der Waals surface area contributed by atoms with Gasteiger partial charge in [-0.05, 0) is 57.0 Å². The quantitative estimate of drug-likeness (QED) is 0.655. The van der Waals surface area contributed by atoms with Gasteiger partial charge in [-0.25, -0.2) is 8.42 Å². The van der Waals surface area contributed by atoms with Crippen molar-refractivity contribution in [3.05, 3.63) is 18.2 Å². The van der Waals surface area contributed by atoms with Gasteiger partial charge in [0.25, 0.3) is 0 Å². The van der Waals surface area contributed by atoms with Gasteiger partial charge in [0, 0.05) is 31.1 Å². The summed E-state index contributed by atoms with van der Waals surface area (Å²) in [7, 11) is -3.61. The molecule has 0 spiro atoms. The van der Waals surface area contributed by atoms with E-state index in [2.05, 4.69) is 10.2 Å². The highest BCUT2D eigenvalue weighted by Crippen LogP contribution is 2.37. The summed E-state index contributed by atoms with van der Waals surface area (Å²) in [4.78, 5) is 29.9. The van der Waals surface area contributed by atoms with Crippen LogP contribution in [0.1, 0.15) is 32.1 Å². The van der Waals surface area contributed by atoms with E-state index < -0.39 is 10.0 Å². The molecule has 0 radical (unpaired) electrons. The third-order valence-electron chi connectivity index (χ3n) is 6.08. The number of carbonyl (C=O) groups is 2. The third kappa shape index (κ3) is 5.24. The molecule has 2 saturated heterocycles. The highest BCUT2D eigenvalue weighted by molar-refractivity contribution is 8.00. The van der Waals surface area contributed by atoms with Crippen molar-refractivity contribution in [3.63, 3.8) is 0 Å². The number of benzene rings is 1. The van der Waals surface area contributed by atoms with Crippen molar-refractivity contribution >= 4 is 39.3 Å². The Kier molecular flexibility index (Phi) is 7.20. The number of anilines is 1. The SMILES string of the molecule is O=C(CN1C(=O)CSc2ccc(S(=O)(=O)N3CCCCC3)cc21)NCCN1CCCC1. The zero-order valence-electron chi connectivity index (χ0n) is 17.7. The Balaban J connectivity index is 1.46. The molecule has 0 aliphatic carbocycles. The standard InChI is InChI=1S/C21H30N4O4S2/c26-20(22-8-13-23-9-4-5-10-23)15-25-18-14-17(6-7-19(18)30-16-21(25)27)31(28,29)24-11-2-1-3-12-24/h6-7,14H,1-5,8-13,15-16H2,(H,22,26). The van der Waals surface area contributed by atoms with Crippen molar-refractivity contribution in [1.29, 1.82) is 0 Å². The van der Waals surface area contributed by atoms with E-state index in [0.717, 1.165) is 43.8 Å². The molecule has 31 heavy (non-hydrogen) atoms. The number of rotatable bonds is 7. The first-order chi connectivity index (χ1) is 14.9. The lowest BCUT2D eigenvalue weighted by Crippen LogP contribution is -2.44. The lowest BCUT2D eigenvalue weighted by molar-refractivity contribution is -0.123. The molecule has 4 rings (SSSR count). The number of hydrogen-bond acceptors (Lipinski definition) is 6. The molecule has 1 aromatic rings. The number of carbonyl (C=O) groups excluding carboxylic acids is 2. The molecule has 8 nitrogen and oxygen atoms in total. The van der Waals surface area contributed by atoms with Crippen molar-refractivity contribution in [2.75, 3.05) is 56.5 Å². The number of hydrogen-bond donors (Lipinski definition) is 1. The second kappa shape index (κ2) is 9.89. The molecular weight excluding hydrogens is 436 g/mol. The van der Waals surface area contributed by atoms with E-state index in [4.69, 9.17) is 0 Å². The molecule has 0 aromatic heterocycles. The summed E-state index contributed by atoms with van der Waals surface area (Å²) < 4.78 is 27.7. The number of piperidine rings is 1. The molecule has 170 valence electrons. The van der Waals surface area contributed by atoms with E-state index in [1.165, 1.54) is 33.8 Å². The smallest absolute Gasteiger partial charge is 0.243 e. The minimum Gasteiger partial charge on any atom is -0.353 e. The lowest BCUT2D eigenvalue weighted by atomic mass is 10.2. The Hall–Kier alpha value is -1.62. The van der Waals surface area contributed by atoms with E-state index in [1.54, 1.807) is 18.2 Å². The van der Waals surface area contributed by atoms with Crippen LogP contribution in [-0.4, -0.2) is 81.0 Å². The summed E-state index contributed by atoms with van der Waals surface area (Å²) in [5.41, 5.74) is 0.508. The molecular formula is C21H30N4O4S2. The normalized spacial score (nSPS) is 20.6. The molecule has 1 N–H and O–H groups in total. The summed E-state index contributed by atoms with van der Waals surface area (Å²) in [6.45, 7) is 4.45. The molecule has 0 bridgehead atoms. The highest BCUT2D eigenvalue weighted by Gasteiger charge is 2.31. The largest absolute Gasteiger partial charge is 0.353 e. The number of nitrogens with one attached hydrogen (secondary N) is 1. The molecule has 2 amide bonds. The van der Waals surface area contributed by atoms with Crippen LogP contribution in [0, 0.1) is 0 Å². The zero-order valence-corrected chi connectivity index (χ0v) is 19.3. The fourth-order valence-electron chi connectivity index (χ4n) is 4.33. The Morgan fingerprint density at radius 2 is 1.74 bits per heavy atom. The van der Waals surface area contributed by atoms with Crippen LogP contribution in [0.25, 0.3) is 0 Å². The lowest BCUT2D eigenvalue weighted by Gasteiger charge is -2.30. The average molecular weight is 467 g/mol. The van der Waals surface area contributed by atoms with Gasteiger partial charge < -0.3 is 15.1 Å². The van der Waals surface area contributed by atoms with Crippen LogP contribution in [0.4, 0.5) is 5.69 Å². The number of sulfonamides is 1. The fourth-order valence-corrected chi connectivity index (χ4v) is 6.78. The van der Waals surface area contributed by atoms with E-state index in [-0.39, 0.29) is 29.0 Å². The van der Waals surface area contributed by atoms with Crippen LogP contribution >= 0.6 is 11.8 Å². The van der Waals surface area contributed by atoms with Crippen LogP contribution in [0.2, 0.25) is 0 Å². The van der Waals surface area contributed by atoms with Gasteiger partial charge in [0.1, 0.15) is 6.54 Å². The second-order valence-electron chi connectivity index (χ2n) is 8.26. The third-order valence-corrected chi connectivity index (χ3v) is 9.02. The molecule has 3 heterocycles. The summed E-state index contributed by atoms with van der Waals surface area (Å²) in [5.74, 6) is -0.166. The molecule has 0 atom stereocenters. The maximum absolute atomic E-state index is 13.1. The van der Waals surface area contributed by atoms with Gasteiger partial charge in [-0.15, -0.1) is 11.8 Å². The molecule has 3 aliphatic heterocycles. The predicted molar refractivity (Wildman–Crippen MR) is 121 cm³/mol. The first-order valence-corrected chi connectivity index (χ1v) is 13.4. The maximum atomic E-state index is 13.1. The molecule has 2 fully saturated rings. The van der Waals surface area contributed by atoms with Gasteiger partial charge >= 0.3 is 0 Å². The Bertz CT molecular complexity index is 925. The van der Waals surface area contributed by atoms with Crippen LogP contribution in [0.5, 0.6) is 0 Å². The minimum absolute atomic E-state index is 0.0976. The number of thioether (sulfide) groups is 1. The van der Waals surface area contributed by atoms with Crippen molar-refractivity contribution in [2.45, 2.75) is 41.9 Å². The number of nitrogens with zero attached hydrogens (tertiary/aromatic N) is 3. The van der Waals surface area contributed by atoms with Crippen LogP contribution in [0.3, 0.4) is 0 Å². The van der Waals surface area contributed by atoms with Gasteiger partial charge in [0.05, 0.1) is 16.3 Å². The van der Waals surface area contributed by atoms with Gasteiger partial charge in [0.2, 0.25) is 21.8 Å². The van der Waals surface area contributed by atoms with Gasteiger partial charge in [-0.1, -0.05) is 6.42 Å². The van der Waals surface area contributed by atoms with Crippen LogP contribution < -0.4 is 10.2 Å². The van der Waals surface area contributed by atoms with E-state index in [0.29, 0.717) is 25.3 Å². The Morgan fingerprint density at radius 3 is 2.48 bits per heavy atom. The predicted octanol–water partition coefficient (Wildman–Crippen LogP) is 1.51. The Labute approximate surface area is 188 Å². The van der Waals surface area contributed by atoms with Gasteiger partial charge in [0.15, 0.2) is 0 Å². The fraction of sp³-hybridized carbons (Fsp3) is 0.619.